The van der Waals surface area contributed by atoms with Crippen LogP contribution in [0, 0.1) is 27.7 Å². The number of allylic oxidation sites excluding steroid dienone is 2. The third-order valence-electron chi connectivity index (χ3n) is 15.3. The van der Waals surface area contributed by atoms with Gasteiger partial charge in [-0.05, 0) is 0 Å². The van der Waals surface area contributed by atoms with E-state index in [2.05, 4.69) is 198 Å². The Kier molecular flexibility index (Phi) is 12.6. The van der Waals surface area contributed by atoms with E-state index in [0.29, 0.717) is 0 Å². The molecule has 6 aromatic carbocycles. The van der Waals surface area contributed by atoms with Crippen molar-refractivity contribution in [2.45, 2.75) is 140 Å². The molecule has 2 aliphatic carbocycles. The Hall–Kier alpha value is -3.52. The van der Waals surface area contributed by atoms with Crippen LogP contribution in [0.3, 0.4) is 0 Å². The van der Waals surface area contributed by atoms with Crippen LogP contribution in [0.5, 0.6) is 0 Å². The van der Waals surface area contributed by atoms with Crippen molar-refractivity contribution in [1.82, 2.24) is 0 Å². The number of unbranched alkanes of at least 4 members (excludes halogenated alkanes) is 2. The van der Waals surface area contributed by atoms with Crippen LogP contribution < -0.4 is 13.6 Å². The van der Waals surface area contributed by atoms with Gasteiger partial charge in [-0.1, -0.05) is 0 Å². The molecule has 0 bridgehead atoms. The standard InChI is InChI=1S/2C25H31.C12H9Si.2ClH.Zr/c2*1-7-8-9-19-15-20-10-11-23(25(4,5)6)24(22(20)16-19)21-13-17(2)12-18(3)14-21;1-3-7-11-9(5-1)10-6-2-4-8-12(10)13-11;;;/h2*10-16H,7-9H2,1-6H3;1-7H,13H2;2*1H;/q;;;;;+2/p-2. The summed E-state index contributed by atoms with van der Waals surface area (Å²) in [5.41, 5.74) is 24.1. The fourth-order valence-corrected chi connectivity index (χ4v) is 40.6. The van der Waals surface area contributed by atoms with Gasteiger partial charge in [0.05, 0.1) is 0 Å². The molecule has 0 N–H and O–H groups in total. The van der Waals surface area contributed by atoms with Gasteiger partial charge >= 0.3 is 412 Å². The van der Waals surface area contributed by atoms with Crippen molar-refractivity contribution in [3.63, 3.8) is 0 Å². The first-order valence-corrected chi connectivity index (χ1v) is 36.8. The van der Waals surface area contributed by atoms with Crippen LogP contribution in [0.15, 0.2) is 114 Å². The first kappa shape index (κ1) is 47.5. The second-order valence-electron chi connectivity index (χ2n) is 22.6. The van der Waals surface area contributed by atoms with Gasteiger partial charge < -0.3 is 0 Å². The number of fused-ring (bicyclic) bond motifs is 5. The molecule has 0 aromatic heterocycles. The van der Waals surface area contributed by atoms with E-state index in [1.807, 2.05) is 0 Å². The molecular formula is C62H71Cl2SiZr. The van der Waals surface area contributed by atoms with E-state index in [9.17, 15) is 17.0 Å². The number of hydrogen-bond acceptors (Lipinski definition) is 0. The van der Waals surface area contributed by atoms with E-state index in [-0.39, 0.29) is 18.1 Å². The molecule has 4 heteroatoms. The molecule has 0 saturated heterocycles. The minimum absolute atomic E-state index is 0.0785. The average molecular weight is 1010 g/mol. The SMILES string of the molecule is CCCCC1=Cc2c(ccc(C(C)(C)C)c2-c2cc(C)cc(C)c2)[CH]1[Zr]([Cl])([Cl])([c]1cccc2c1[SiH2]c1ccccc1-2)[CH]1C(CCCC)=Cc2c1ccc(C(C)(C)C)c2-c1cc(C)cc(C)c1. The van der Waals surface area contributed by atoms with Crippen molar-refractivity contribution in [1.29, 1.82) is 0 Å². The minimum atomic E-state index is -5.78. The molecule has 0 saturated carbocycles. The summed E-state index contributed by atoms with van der Waals surface area (Å²) in [5, 5.41) is 2.99. The number of rotatable bonds is 11. The van der Waals surface area contributed by atoms with E-state index < -0.39 is 25.9 Å². The van der Waals surface area contributed by atoms with Crippen molar-refractivity contribution < 1.29 is 16.4 Å². The first-order chi connectivity index (χ1) is 31.2. The van der Waals surface area contributed by atoms with Crippen LogP contribution in [-0.2, 0) is 27.2 Å². The molecule has 0 amide bonds. The number of hydrogen-bond donors (Lipinski definition) is 0. The van der Waals surface area contributed by atoms with E-state index in [1.54, 1.807) is 0 Å². The van der Waals surface area contributed by atoms with Gasteiger partial charge in [0.2, 0.25) is 0 Å². The third-order valence-corrected chi connectivity index (χ3v) is 38.1. The van der Waals surface area contributed by atoms with E-state index in [1.165, 1.54) is 114 Å². The summed E-state index contributed by atoms with van der Waals surface area (Å²) in [6.07, 6.45) is 11.6. The van der Waals surface area contributed by atoms with E-state index in [0.717, 1.165) is 38.5 Å². The maximum absolute atomic E-state index is 9.63. The Balaban J connectivity index is 1.43. The molecule has 1 heterocycles. The van der Waals surface area contributed by atoms with Crippen molar-refractivity contribution in [2.24, 2.45) is 0 Å². The van der Waals surface area contributed by atoms with Gasteiger partial charge in [0.1, 0.15) is 0 Å². The number of halogens is 2. The summed E-state index contributed by atoms with van der Waals surface area (Å²) < 4.78 is 1.11. The van der Waals surface area contributed by atoms with Crippen LogP contribution in [0.25, 0.3) is 45.5 Å². The molecule has 2 unspecified atom stereocenters. The molecule has 341 valence electrons. The van der Waals surface area contributed by atoms with Crippen LogP contribution in [0.1, 0.15) is 157 Å². The Bertz CT molecular complexity index is 2790. The summed E-state index contributed by atoms with van der Waals surface area (Å²) in [5.74, 6) is 0. The topological polar surface area (TPSA) is 0 Å². The van der Waals surface area contributed by atoms with Crippen LogP contribution in [0.4, 0.5) is 0 Å². The van der Waals surface area contributed by atoms with Gasteiger partial charge in [-0.3, -0.25) is 0 Å². The molecule has 0 fully saturated rings. The zero-order chi connectivity index (χ0) is 47.1. The first-order valence-electron chi connectivity index (χ1n) is 24.9. The van der Waals surface area contributed by atoms with Gasteiger partial charge in [-0.15, -0.1) is 0 Å². The Morgan fingerprint density at radius 3 is 1.41 bits per heavy atom. The molecule has 6 aromatic rings. The molecular weight excluding hydrogens is 935 g/mol. The normalized spacial score (nSPS) is 17.5. The van der Waals surface area contributed by atoms with Gasteiger partial charge in [0.15, 0.2) is 0 Å². The van der Waals surface area contributed by atoms with Gasteiger partial charge in [0.25, 0.3) is 0 Å². The van der Waals surface area contributed by atoms with Crippen molar-refractivity contribution >= 4 is 52.3 Å². The van der Waals surface area contributed by atoms with Crippen LogP contribution >= 0.6 is 17.0 Å². The predicted octanol–water partition coefficient (Wildman–Crippen LogP) is 16.2. The molecule has 0 radical (unpaired) electrons. The summed E-state index contributed by atoms with van der Waals surface area (Å²) in [7, 11) is 18.4. The van der Waals surface area contributed by atoms with Crippen molar-refractivity contribution in [2.75, 3.05) is 0 Å². The number of benzene rings is 6. The van der Waals surface area contributed by atoms with E-state index >= 15 is 0 Å². The molecule has 9 rings (SSSR count). The zero-order valence-electron chi connectivity index (χ0n) is 41.8. The molecule has 66 heavy (non-hydrogen) atoms. The van der Waals surface area contributed by atoms with E-state index in [4.69, 9.17) is 0 Å². The maximum atomic E-state index is 9.63. The average Bonchev–Trinajstić information content (AvgIpc) is 3.95. The van der Waals surface area contributed by atoms with Crippen LogP contribution in [-0.4, -0.2) is 9.52 Å². The Morgan fingerprint density at radius 2 is 0.970 bits per heavy atom. The zero-order valence-corrected chi connectivity index (χ0v) is 47.2. The Labute approximate surface area is 408 Å². The molecule has 1 aliphatic heterocycles. The molecule has 0 spiro atoms. The molecule has 2 atom stereocenters. The number of aryl methyl sites for hydroxylation is 4. The second-order valence-corrected chi connectivity index (χ2v) is 45.0. The van der Waals surface area contributed by atoms with Gasteiger partial charge in [-0.25, -0.2) is 0 Å². The third kappa shape index (κ3) is 8.01. The summed E-state index contributed by atoms with van der Waals surface area (Å²) in [6.45, 7) is 27.9. The summed E-state index contributed by atoms with van der Waals surface area (Å²) >= 11 is -5.78. The second kappa shape index (κ2) is 17.5. The predicted molar refractivity (Wildman–Crippen MR) is 292 cm³/mol. The van der Waals surface area contributed by atoms with Crippen LogP contribution in [0.2, 0.25) is 0 Å². The fraction of sp³-hybridized carbons (Fsp3) is 0.355. The van der Waals surface area contributed by atoms with Crippen molar-refractivity contribution in [3.05, 3.63) is 170 Å². The Morgan fingerprint density at radius 1 is 0.530 bits per heavy atom. The summed E-state index contributed by atoms with van der Waals surface area (Å²) in [4.78, 5) is 0. The fourth-order valence-electron chi connectivity index (χ4n) is 12.7. The molecule has 3 aliphatic rings. The monoisotopic (exact) mass is 1000 g/mol. The van der Waals surface area contributed by atoms with Crippen molar-refractivity contribution in [3.8, 4) is 33.4 Å². The summed E-state index contributed by atoms with van der Waals surface area (Å²) in [6, 6.07) is 40.4. The van der Waals surface area contributed by atoms with Gasteiger partial charge in [-0.2, -0.15) is 0 Å². The van der Waals surface area contributed by atoms with Gasteiger partial charge in [0, 0.05) is 0 Å². The molecule has 0 nitrogen and oxygen atoms in total. The quantitative estimate of drug-likeness (QED) is 0.113.